The molecule has 4 atom stereocenters. The van der Waals surface area contributed by atoms with Crippen LogP contribution in [-0.4, -0.2) is 57.3 Å². The molecule has 0 aromatic carbocycles. The van der Waals surface area contributed by atoms with Crippen LogP contribution >= 0.6 is 0 Å². The molecule has 5 N–H and O–H groups in total. The van der Waals surface area contributed by atoms with Crippen molar-refractivity contribution in [3.8, 4) is 0 Å². The van der Waals surface area contributed by atoms with Crippen LogP contribution in [0.5, 0.6) is 0 Å². The van der Waals surface area contributed by atoms with Gasteiger partial charge in [-0.3, -0.25) is 4.79 Å². The van der Waals surface area contributed by atoms with Gasteiger partial charge in [0.15, 0.2) is 0 Å². The topological polar surface area (TPSA) is 110 Å². The number of nitrogens with one attached hydrogen (secondary N) is 1. The maximum atomic E-state index is 12.6. The summed E-state index contributed by atoms with van der Waals surface area (Å²) in [5.41, 5.74) is 0. The number of allylic oxidation sites excluding steroid dienone is 6. The number of aliphatic hydroxyl groups is 4. The first-order valence-corrected chi connectivity index (χ1v) is 30.4. The van der Waals surface area contributed by atoms with Crippen LogP contribution in [0.4, 0.5) is 0 Å². The molecule has 0 aromatic heterocycles. The maximum Gasteiger partial charge on any atom is 0.249 e. The lowest BCUT2D eigenvalue weighted by Gasteiger charge is -2.27. The molecule has 0 spiro atoms. The van der Waals surface area contributed by atoms with E-state index < -0.39 is 36.9 Å². The SMILES string of the molecule is CCCCCCCCCCCCC/C=C\C/C=C\CCCCCCCCCCCCCCCCCCC(O)C(=O)NC(CO)C(O)C(O)CCC/C=C/CCCCCCCCCCCCCCC. The van der Waals surface area contributed by atoms with E-state index in [9.17, 15) is 25.2 Å². The Bertz CT molecular complexity index is 1080. The average Bonchev–Trinajstić information content (AvgIpc) is 3.34. The van der Waals surface area contributed by atoms with Crippen molar-refractivity contribution in [1.82, 2.24) is 5.32 Å². The fraction of sp³-hybridized carbons (Fsp3) is 0.887. The van der Waals surface area contributed by atoms with Crippen molar-refractivity contribution in [2.24, 2.45) is 0 Å². The number of carbonyl (C=O) groups excluding carboxylic acids is 1. The van der Waals surface area contributed by atoms with E-state index in [-0.39, 0.29) is 0 Å². The molecule has 1 amide bonds. The third-order valence-electron chi connectivity index (χ3n) is 14.3. The van der Waals surface area contributed by atoms with Crippen molar-refractivity contribution < 1.29 is 25.2 Å². The molecule has 0 radical (unpaired) electrons. The Kier molecular flexibility index (Phi) is 55.2. The molecular weight excluding hydrogens is 839 g/mol. The van der Waals surface area contributed by atoms with Gasteiger partial charge in [0.25, 0.3) is 0 Å². The van der Waals surface area contributed by atoms with Gasteiger partial charge in [0.05, 0.1) is 18.8 Å². The summed E-state index contributed by atoms with van der Waals surface area (Å²) in [7, 11) is 0. The van der Waals surface area contributed by atoms with Crippen LogP contribution in [0, 0.1) is 0 Å². The summed E-state index contributed by atoms with van der Waals surface area (Å²) in [6.45, 7) is 4.07. The highest BCUT2D eigenvalue weighted by Crippen LogP contribution is 2.18. The molecule has 6 nitrogen and oxygen atoms in total. The van der Waals surface area contributed by atoms with Gasteiger partial charge in [0, 0.05) is 0 Å². The molecule has 0 aliphatic rings. The minimum Gasteiger partial charge on any atom is -0.394 e. The van der Waals surface area contributed by atoms with Gasteiger partial charge in [-0.25, -0.2) is 0 Å². The highest BCUT2D eigenvalue weighted by molar-refractivity contribution is 5.80. The van der Waals surface area contributed by atoms with E-state index in [4.69, 9.17) is 0 Å². The van der Waals surface area contributed by atoms with Gasteiger partial charge in [-0.2, -0.15) is 0 Å². The molecule has 4 unspecified atom stereocenters. The van der Waals surface area contributed by atoms with Crippen molar-refractivity contribution in [3.05, 3.63) is 36.5 Å². The minimum atomic E-state index is -1.28. The molecule has 0 saturated carbocycles. The second-order valence-electron chi connectivity index (χ2n) is 21.0. The first-order valence-electron chi connectivity index (χ1n) is 30.4. The van der Waals surface area contributed by atoms with Crippen molar-refractivity contribution >= 4 is 5.91 Å². The second-order valence-corrected chi connectivity index (χ2v) is 21.0. The zero-order valence-electron chi connectivity index (χ0n) is 45.6. The Balaban J connectivity index is 3.59. The Morgan fingerprint density at radius 1 is 0.368 bits per heavy atom. The molecule has 0 heterocycles. The van der Waals surface area contributed by atoms with Gasteiger partial charge in [-0.15, -0.1) is 0 Å². The summed E-state index contributed by atoms with van der Waals surface area (Å²) < 4.78 is 0. The monoisotopic (exact) mass is 958 g/mol. The lowest BCUT2D eigenvalue weighted by molar-refractivity contribution is -0.132. The number of hydrogen-bond donors (Lipinski definition) is 5. The standard InChI is InChI=1S/C62H119NO5/c1-3-5-7-9-11-13-15-17-19-21-23-24-25-26-27-28-29-30-31-32-33-34-35-36-37-38-40-42-44-46-48-50-52-54-56-60(66)62(68)63-58(57-64)61(67)59(65)55-53-51-49-47-45-43-41-39-22-20-18-16-14-12-10-8-6-4-2/h25-26,28-29,47,49,58-61,64-67H,3-24,27,30-46,48,50-57H2,1-2H3,(H,63,68)/b26-25-,29-28-,49-47+. The lowest BCUT2D eigenvalue weighted by atomic mass is 10.00. The number of amides is 1. The molecule has 0 aliphatic carbocycles. The smallest absolute Gasteiger partial charge is 0.249 e. The zero-order chi connectivity index (χ0) is 49.5. The molecule has 6 heteroatoms. The lowest BCUT2D eigenvalue weighted by Crippen LogP contribution is -2.53. The van der Waals surface area contributed by atoms with E-state index in [0.29, 0.717) is 12.8 Å². The van der Waals surface area contributed by atoms with Crippen LogP contribution in [0.3, 0.4) is 0 Å². The molecule has 0 fully saturated rings. The Hall–Kier alpha value is -1.47. The number of aliphatic hydroxyl groups excluding tert-OH is 4. The van der Waals surface area contributed by atoms with Crippen molar-refractivity contribution in [1.29, 1.82) is 0 Å². The van der Waals surface area contributed by atoms with Gasteiger partial charge in [0.2, 0.25) is 5.91 Å². The van der Waals surface area contributed by atoms with Gasteiger partial charge in [-0.05, 0) is 70.6 Å². The van der Waals surface area contributed by atoms with Gasteiger partial charge in [0.1, 0.15) is 12.2 Å². The Morgan fingerprint density at radius 3 is 0.971 bits per heavy atom. The minimum absolute atomic E-state index is 0.364. The van der Waals surface area contributed by atoms with E-state index in [1.165, 1.54) is 250 Å². The van der Waals surface area contributed by atoms with E-state index >= 15 is 0 Å². The van der Waals surface area contributed by atoms with Crippen molar-refractivity contribution in [3.63, 3.8) is 0 Å². The maximum absolute atomic E-state index is 12.6. The predicted octanol–water partition coefficient (Wildman–Crippen LogP) is 18.0. The molecule has 0 aromatic rings. The molecule has 68 heavy (non-hydrogen) atoms. The van der Waals surface area contributed by atoms with Crippen LogP contribution in [0.25, 0.3) is 0 Å². The number of hydrogen-bond acceptors (Lipinski definition) is 5. The fourth-order valence-corrected chi connectivity index (χ4v) is 9.56. The number of carbonyl (C=O) groups is 1. The van der Waals surface area contributed by atoms with E-state index in [0.717, 1.165) is 44.9 Å². The second kappa shape index (κ2) is 56.4. The van der Waals surface area contributed by atoms with Gasteiger partial charge in [-0.1, -0.05) is 288 Å². The van der Waals surface area contributed by atoms with Crippen LogP contribution in [0.1, 0.15) is 322 Å². The molecule has 0 saturated heterocycles. The van der Waals surface area contributed by atoms with Crippen molar-refractivity contribution in [2.45, 2.75) is 346 Å². The highest BCUT2D eigenvalue weighted by Gasteiger charge is 2.28. The normalized spacial score (nSPS) is 13.9. The van der Waals surface area contributed by atoms with Crippen LogP contribution in [0.2, 0.25) is 0 Å². The van der Waals surface area contributed by atoms with Crippen LogP contribution < -0.4 is 5.32 Å². The molecule has 0 rings (SSSR count). The van der Waals surface area contributed by atoms with Gasteiger partial charge < -0.3 is 25.7 Å². The quantitative estimate of drug-likeness (QED) is 0.0308. The summed E-state index contributed by atoms with van der Waals surface area (Å²) in [6, 6.07) is -1.00. The number of unbranched alkanes of at least 4 members (excludes halogenated alkanes) is 41. The van der Waals surface area contributed by atoms with E-state index in [1.807, 2.05) is 0 Å². The Morgan fingerprint density at radius 2 is 0.647 bits per heavy atom. The third kappa shape index (κ3) is 49.5. The first-order chi connectivity index (χ1) is 33.5. The largest absolute Gasteiger partial charge is 0.394 e. The number of rotatable bonds is 56. The van der Waals surface area contributed by atoms with E-state index in [2.05, 4.69) is 55.6 Å². The first kappa shape index (κ1) is 66.5. The molecule has 0 aliphatic heterocycles. The van der Waals surface area contributed by atoms with Crippen LogP contribution in [-0.2, 0) is 4.79 Å². The summed E-state index contributed by atoms with van der Waals surface area (Å²) >= 11 is 0. The summed E-state index contributed by atoms with van der Waals surface area (Å²) in [5.74, 6) is -0.590. The average molecular weight is 959 g/mol. The van der Waals surface area contributed by atoms with Gasteiger partial charge >= 0.3 is 0 Å². The Labute approximate surface area is 424 Å². The molecule has 0 bridgehead atoms. The van der Waals surface area contributed by atoms with Crippen LogP contribution in [0.15, 0.2) is 36.5 Å². The summed E-state index contributed by atoms with van der Waals surface area (Å²) in [5, 5.41) is 44.0. The molecular formula is C62H119NO5. The summed E-state index contributed by atoms with van der Waals surface area (Å²) in [4.78, 5) is 12.6. The third-order valence-corrected chi connectivity index (χ3v) is 14.3. The fourth-order valence-electron chi connectivity index (χ4n) is 9.56. The highest BCUT2D eigenvalue weighted by atomic mass is 16.3. The molecule has 402 valence electrons. The summed E-state index contributed by atoms with van der Waals surface area (Å²) in [6.07, 6.45) is 70.9. The van der Waals surface area contributed by atoms with Crippen molar-refractivity contribution in [2.75, 3.05) is 6.61 Å². The van der Waals surface area contributed by atoms with E-state index in [1.54, 1.807) is 0 Å². The predicted molar refractivity (Wildman–Crippen MR) is 297 cm³/mol. The zero-order valence-corrected chi connectivity index (χ0v) is 45.6.